The number of benzene rings is 1. The number of carbonyl (C=O) groups excluding carboxylic acids is 1. The van der Waals surface area contributed by atoms with E-state index in [1.54, 1.807) is 12.3 Å². The number of Topliss-reactive ketones (excluding diaryl/α,β-unsaturated/α-hetero) is 1. The Morgan fingerprint density at radius 1 is 1.47 bits per heavy atom. The molecule has 0 amide bonds. The van der Waals surface area contributed by atoms with Gasteiger partial charge in [0.2, 0.25) is 0 Å². The molecule has 2 N–H and O–H groups in total. The van der Waals surface area contributed by atoms with Crippen molar-refractivity contribution in [3.8, 4) is 0 Å². The average molecular weight is 258 g/mol. The summed E-state index contributed by atoms with van der Waals surface area (Å²) in [7, 11) is 3.93. The lowest BCUT2D eigenvalue weighted by atomic mass is 10.1. The van der Waals surface area contributed by atoms with Gasteiger partial charge in [0.1, 0.15) is 5.82 Å². The van der Waals surface area contributed by atoms with E-state index in [0.29, 0.717) is 17.8 Å². The van der Waals surface area contributed by atoms with Gasteiger partial charge in [-0.1, -0.05) is 0 Å². The summed E-state index contributed by atoms with van der Waals surface area (Å²) in [5.41, 5.74) is 7.93. The highest BCUT2D eigenvalue weighted by Crippen LogP contribution is 2.22. The van der Waals surface area contributed by atoms with E-state index in [9.17, 15) is 4.79 Å². The van der Waals surface area contributed by atoms with Gasteiger partial charge in [0.05, 0.1) is 6.54 Å². The van der Waals surface area contributed by atoms with Crippen molar-refractivity contribution < 1.29 is 4.79 Å². The lowest BCUT2D eigenvalue weighted by molar-refractivity contribution is 0.101. The van der Waals surface area contributed by atoms with Crippen LogP contribution in [-0.4, -0.2) is 22.4 Å². The Morgan fingerprint density at radius 2 is 2.21 bits per heavy atom. The highest BCUT2D eigenvalue weighted by molar-refractivity contribution is 5.99. The first-order valence-corrected chi connectivity index (χ1v) is 6.07. The number of carbonyl (C=O) groups is 1. The first-order valence-electron chi connectivity index (χ1n) is 6.07. The van der Waals surface area contributed by atoms with E-state index in [0.717, 1.165) is 11.5 Å². The molecule has 2 aromatic rings. The number of anilines is 2. The predicted molar refractivity (Wildman–Crippen MR) is 76.2 cm³/mol. The summed E-state index contributed by atoms with van der Waals surface area (Å²) in [6.45, 7) is 2.20. The zero-order valence-corrected chi connectivity index (χ0v) is 11.4. The molecule has 5 heteroatoms. The first kappa shape index (κ1) is 13.1. The van der Waals surface area contributed by atoms with Crippen molar-refractivity contribution in [1.29, 1.82) is 0 Å². The van der Waals surface area contributed by atoms with Crippen LogP contribution in [0, 0.1) is 0 Å². The molecule has 100 valence electrons. The van der Waals surface area contributed by atoms with Gasteiger partial charge in [-0.15, -0.1) is 0 Å². The Labute approximate surface area is 112 Å². The van der Waals surface area contributed by atoms with Crippen LogP contribution in [-0.2, 0) is 13.6 Å². The van der Waals surface area contributed by atoms with Crippen LogP contribution in [0.4, 0.5) is 11.4 Å². The Bertz CT molecular complexity index is 603. The number of rotatable bonds is 4. The summed E-state index contributed by atoms with van der Waals surface area (Å²) in [4.78, 5) is 17.7. The Kier molecular flexibility index (Phi) is 3.55. The van der Waals surface area contributed by atoms with Crippen LogP contribution in [0.5, 0.6) is 0 Å². The van der Waals surface area contributed by atoms with Crippen LogP contribution in [0.15, 0.2) is 30.6 Å². The monoisotopic (exact) mass is 258 g/mol. The fraction of sp³-hybridized carbons (Fsp3) is 0.286. The lowest BCUT2D eigenvalue weighted by Gasteiger charge is -2.20. The topological polar surface area (TPSA) is 64.2 Å². The third-order valence-electron chi connectivity index (χ3n) is 3.15. The number of aryl methyl sites for hydroxylation is 1. The minimum Gasteiger partial charge on any atom is -0.398 e. The highest BCUT2D eigenvalue weighted by Gasteiger charge is 2.09. The molecule has 0 fully saturated rings. The van der Waals surface area contributed by atoms with Gasteiger partial charge in [0.25, 0.3) is 0 Å². The van der Waals surface area contributed by atoms with Gasteiger partial charge in [-0.05, 0) is 25.1 Å². The second-order valence-electron chi connectivity index (χ2n) is 4.64. The van der Waals surface area contributed by atoms with Gasteiger partial charge >= 0.3 is 0 Å². The normalized spacial score (nSPS) is 10.5. The molecule has 0 aliphatic rings. The van der Waals surface area contributed by atoms with Gasteiger partial charge in [-0.25, -0.2) is 4.98 Å². The zero-order chi connectivity index (χ0) is 14.0. The van der Waals surface area contributed by atoms with E-state index >= 15 is 0 Å². The fourth-order valence-corrected chi connectivity index (χ4v) is 1.96. The van der Waals surface area contributed by atoms with Crippen molar-refractivity contribution in [1.82, 2.24) is 9.55 Å². The van der Waals surface area contributed by atoms with Crippen molar-refractivity contribution in [3.63, 3.8) is 0 Å². The van der Waals surface area contributed by atoms with Gasteiger partial charge in [-0.3, -0.25) is 4.79 Å². The number of hydrogen-bond donors (Lipinski definition) is 1. The number of hydrogen-bond acceptors (Lipinski definition) is 4. The van der Waals surface area contributed by atoms with Crippen molar-refractivity contribution in [2.75, 3.05) is 17.7 Å². The van der Waals surface area contributed by atoms with Crippen molar-refractivity contribution >= 4 is 17.2 Å². The van der Waals surface area contributed by atoms with E-state index in [2.05, 4.69) is 4.98 Å². The summed E-state index contributed by atoms with van der Waals surface area (Å²) in [6.07, 6.45) is 3.69. The maximum atomic E-state index is 11.3. The lowest BCUT2D eigenvalue weighted by Crippen LogP contribution is -2.19. The Hall–Kier alpha value is -2.30. The average Bonchev–Trinajstić information content (AvgIpc) is 2.74. The molecule has 1 heterocycles. The third-order valence-corrected chi connectivity index (χ3v) is 3.15. The molecule has 0 aliphatic carbocycles. The summed E-state index contributed by atoms with van der Waals surface area (Å²) >= 11 is 0. The van der Waals surface area contributed by atoms with E-state index in [-0.39, 0.29) is 5.78 Å². The number of nitrogens with two attached hydrogens (primary N) is 1. The first-order chi connectivity index (χ1) is 8.99. The second-order valence-corrected chi connectivity index (χ2v) is 4.64. The van der Waals surface area contributed by atoms with Crippen molar-refractivity contribution in [3.05, 3.63) is 42.0 Å². The molecule has 0 aliphatic heterocycles. The quantitative estimate of drug-likeness (QED) is 0.671. The smallest absolute Gasteiger partial charge is 0.161 e. The SMILES string of the molecule is CC(=O)c1ccc(N(C)Cc2nccn2C)cc1N. The molecule has 0 bridgehead atoms. The molecular formula is C14H18N4O. The highest BCUT2D eigenvalue weighted by atomic mass is 16.1. The molecule has 0 atom stereocenters. The molecule has 1 aromatic carbocycles. The maximum absolute atomic E-state index is 11.3. The Morgan fingerprint density at radius 3 is 2.74 bits per heavy atom. The molecule has 0 spiro atoms. The molecule has 0 saturated carbocycles. The second kappa shape index (κ2) is 5.14. The van der Waals surface area contributed by atoms with Crippen molar-refractivity contribution in [2.45, 2.75) is 13.5 Å². The fourth-order valence-electron chi connectivity index (χ4n) is 1.96. The van der Waals surface area contributed by atoms with E-state index in [1.807, 2.05) is 41.9 Å². The van der Waals surface area contributed by atoms with Gasteiger partial charge < -0.3 is 15.2 Å². The standard InChI is InChI=1S/C14H18N4O/c1-10(19)12-5-4-11(8-13(12)15)18(3)9-14-16-6-7-17(14)2/h4-8H,9,15H2,1-3H3. The van der Waals surface area contributed by atoms with Crippen LogP contribution in [0.25, 0.3) is 0 Å². The molecule has 0 radical (unpaired) electrons. The predicted octanol–water partition coefficient (Wildman–Crippen LogP) is 1.84. The Balaban J connectivity index is 2.20. The summed E-state index contributed by atoms with van der Waals surface area (Å²) in [5, 5.41) is 0. The molecule has 0 unspecified atom stereocenters. The maximum Gasteiger partial charge on any atom is 0.161 e. The van der Waals surface area contributed by atoms with Gasteiger partial charge in [0.15, 0.2) is 5.78 Å². The third kappa shape index (κ3) is 2.76. The largest absolute Gasteiger partial charge is 0.398 e. The molecule has 1 aromatic heterocycles. The van der Waals surface area contributed by atoms with Crippen LogP contribution >= 0.6 is 0 Å². The van der Waals surface area contributed by atoms with Gasteiger partial charge in [0, 0.05) is 43.4 Å². The number of nitrogen functional groups attached to an aromatic ring is 1. The van der Waals surface area contributed by atoms with E-state index < -0.39 is 0 Å². The molecular weight excluding hydrogens is 240 g/mol. The van der Waals surface area contributed by atoms with E-state index in [4.69, 9.17) is 5.73 Å². The summed E-state index contributed by atoms with van der Waals surface area (Å²) in [5.74, 6) is 0.951. The number of aromatic nitrogens is 2. The minimum absolute atomic E-state index is 0.0178. The molecule has 19 heavy (non-hydrogen) atoms. The van der Waals surface area contributed by atoms with E-state index in [1.165, 1.54) is 6.92 Å². The van der Waals surface area contributed by atoms with Crippen LogP contribution in [0.1, 0.15) is 23.1 Å². The molecule has 0 saturated heterocycles. The zero-order valence-electron chi connectivity index (χ0n) is 11.4. The summed E-state index contributed by atoms with van der Waals surface area (Å²) < 4.78 is 1.98. The van der Waals surface area contributed by atoms with Crippen LogP contribution < -0.4 is 10.6 Å². The number of ketones is 1. The van der Waals surface area contributed by atoms with Crippen LogP contribution in [0.2, 0.25) is 0 Å². The van der Waals surface area contributed by atoms with Crippen molar-refractivity contribution in [2.24, 2.45) is 7.05 Å². The molecule has 5 nitrogen and oxygen atoms in total. The summed E-state index contributed by atoms with van der Waals surface area (Å²) in [6, 6.07) is 5.48. The minimum atomic E-state index is -0.0178. The number of imidazole rings is 1. The van der Waals surface area contributed by atoms with Crippen LogP contribution in [0.3, 0.4) is 0 Å². The van der Waals surface area contributed by atoms with Gasteiger partial charge in [-0.2, -0.15) is 0 Å². The number of nitrogens with zero attached hydrogens (tertiary/aromatic N) is 3. The molecule has 2 rings (SSSR count).